The number of rotatable bonds is 7. The zero-order chi connectivity index (χ0) is 20.2. The Balaban J connectivity index is 2.09. The summed E-state index contributed by atoms with van der Waals surface area (Å²) < 4.78 is 12.2. The molecule has 140 valence electrons. The highest BCUT2D eigenvalue weighted by molar-refractivity contribution is 6.38. The van der Waals surface area contributed by atoms with Gasteiger partial charge in [-0.15, -0.1) is 0 Å². The summed E-state index contributed by atoms with van der Waals surface area (Å²) in [5, 5.41) is 11.4. The number of benzene rings is 1. The van der Waals surface area contributed by atoms with Crippen molar-refractivity contribution >= 4 is 27.3 Å². The van der Waals surface area contributed by atoms with Crippen molar-refractivity contribution in [3.8, 4) is 5.75 Å². The van der Waals surface area contributed by atoms with Crippen LogP contribution in [-0.4, -0.2) is 43.8 Å². The normalized spacial score (nSPS) is 12.2. The van der Waals surface area contributed by atoms with Crippen molar-refractivity contribution in [2.24, 2.45) is 0 Å². The van der Waals surface area contributed by atoms with E-state index in [1.165, 1.54) is 10.9 Å². The quantitative estimate of drug-likeness (QED) is 0.733. The summed E-state index contributed by atoms with van der Waals surface area (Å²) in [7, 11) is 11.8. The molecule has 9 heteroatoms. The van der Waals surface area contributed by atoms with Crippen LogP contribution in [0.3, 0.4) is 0 Å². The van der Waals surface area contributed by atoms with E-state index in [1.807, 2.05) is 20.8 Å². The molecule has 1 aromatic carbocycles. The Morgan fingerprint density at radius 3 is 2.41 bits per heavy atom. The lowest BCUT2D eigenvalue weighted by atomic mass is 9.61. The van der Waals surface area contributed by atoms with Gasteiger partial charge in [-0.3, -0.25) is 4.79 Å². The minimum absolute atomic E-state index is 0.0168. The number of aliphatic hydroxyl groups is 1. The van der Waals surface area contributed by atoms with Crippen LogP contribution in [0.2, 0.25) is 5.02 Å². The standard InChI is InChI=1S/C18H21B2ClN2O4/c1-17(2,3)23-16(25)15(21)14(10-22-23)26-11-12-4-6-13(7-5-12)18(19,20)27-9-8-24/h4-7,10,24H,8-9,11H2,1-3H3. The van der Waals surface area contributed by atoms with E-state index in [2.05, 4.69) is 5.10 Å². The van der Waals surface area contributed by atoms with Crippen molar-refractivity contribution in [1.29, 1.82) is 0 Å². The van der Waals surface area contributed by atoms with Crippen LogP contribution in [0.25, 0.3) is 0 Å². The molecule has 0 aliphatic rings. The first-order chi connectivity index (χ1) is 12.6. The van der Waals surface area contributed by atoms with E-state index in [0.29, 0.717) is 5.56 Å². The van der Waals surface area contributed by atoms with Crippen LogP contribution in [-0.2, 0) is 22.3 Å². The SMILES string of the molecule is [B]C([B])(OCCO)c1ccc(COc2cnn(C(C)(C)C)c(=O)c2Cl)cc1. The molecule has 1 heterocycles. The fourth-order valence-electron chi connectivity index (χ4n) is 2.32. The van der Waals surface area contributed by atoms with E-state index in [4.69, 9.17) is 41.9 Å². The van der Waals surface area contributed by atoms with Gasteiger partial charge in [0.25, 0.3) is 5.56 Å². The number of aliphatic hydroxyl groups excluding tert-OH is 1. The maximum Gasteiger partial charge on any atom is 0.289 e. The lowest BCUT2D eigenvalue weighted by molar-refractivity contribution is 0.0462. The molecule has 27 heavy (non-hydrogen) atoms. The van der Waals surface area contributed by atoms with Gasteiger partial charge in [-0.2, -0.15) is 5.10 Å². The van der Waals surface area contributed by atoms with Crippen molar-refractivity contribution in [3.63, 3.8) is 0 Å². The maximum absolute atomic E-state index is 12.3. The first-order valence-electron chi connectivity index (χ1n) is 8.39. The lowest BCUT2D eigenvalue weighted by Gasteiger charge is -2.27. The molecule has 0 spiro atoms. The Morgan fingerprint density at radius 1 is 1.22 bits per heavy atom. The minimum atomic E-state index is -1.49. The molecule has 0 saturated carbocycles. The Labute approximate surface area is 166 Å². The van der Waals surface area contributed by atoms with Crippen molar-refractivity contribution in [3.05, 3.63) is 57.0 Å². The Morgan fingerprint density at radius 2 is 1.85 bits per heavy atom. The first kappa shape index (κ1) is 21.5. The highest BCUT2D eigenvalue weighted by Crippen LogP contribution is 2.23. The molecule has 4 radical (unpaired) electrons. The third-order valence-electron chi connectivity index (χ3n) is 3.75. The zero-order valence-electron chi connectivity index (χ0n) is 15.6. The van der Waals surface area contributed by atoms with Gasteiger partial charge in [-0.25, -0.2) is 4.68 Å². The van der Waals surface area contributed by atoms with E-state index in [1.54, 1.807) is 24.3 Å². The van der Waals surface area contributed by atoms with Crippen LogP contribution in [0, 0.1) is 0 Å². The molecule has 1 aromatic heterocycles. The molecule has 0 aliphatic heterocycles. The third kappa shape index (κ3) is 5.37. The lowest BCUT2D eigenvalue weighted by Crippen LogP contribution is -2.36. The molecule has 0 fully saturated rings. The van der Waals surface area contributed by atoms with E-state index >= 15 is 0 Å². The number of halogens is 1. The molecule has 0 unspecified atom stereocenters. The molecule has 6 nitrogen and oxygen atoms in total. The van der Waals surface area contributed by atoms with Gasteiger partial charge in [0, 0.05) is 5.40 Å². The summed E-state index contributed by atoms with van der Waals surface area (Å²) in [5.74, 6) is 0.213. The van der Waals surface area contributed by atoms with Crippen LogP contribution in [0.5, 0.6) is 5.75 Å². The topological polar surface area (TPSA) is 73.6 Å². The van der Waals surface area contributed by atoms with Gasteiger partial charge in [0.1, 0.15) is 22.3 Å². The molecule has 0 atom stereocenters. The van der Waals surface area contributed by atoms with Crippen LogP contribution in [0.1, 0.15) is 31.9 Å². The monoisotopic (exact) mass is 386 g/mol. The summed E-state index contributed by atoms with van der Waals surface area (Å²) in [5.41, 5.74) is 0.471. The van der Waals surface area contributed by atoms with Crippen LogP contribution in [0.15, 0.2) is 35.3 Å². The Kier molecular flexibility index (Phi) is 6.78. The minimum Gasteiger partial charge on any atom is -0.485 e. The van der Waals surface area contributed by atoms with Gasteiger partial charge >= 0.3 is 0 Å². The highest BCUT2D eigenvalue weighted by atomic mass is 35.5. The predicted octanol–water partition coefficient (Wildman–Crippen LogP) is 1.69. The number of nitrogens with zero attached hydrogens (tertiary/aromatic N) is 2. The van der Waals surface area contributed by atoms with E-state index in [0.717, 1.165) is 5.56 Å². The second kappa shape index (κ2) is 8.50. The van der Waals surface area contributed by atoms with E-state index < -0.39 is 16.5 Å². The van der Waals surface area contributed by atoms with Gasteiger partial charge < -0.3 is 14.6 Å². The maximum atomic E-state index is 12.3. The largest absolute Gasteiger partial charge is 0.485 e. The predicted molar refractivity (Wildman–Crippen MR) is 106 cm³/mol. The molecule has 2 rings (SSSR count). The van der Waals surface area contributed by atoms with Crippen LogP contribution >= 0.6 is 11.6 Å². The van der Waals surface area contributed by atoms with Gasteiger partial charge in [-0.05, 0) is 31.9 Å². The summed E-state index contributed by atoms with van der Waals surface area (Å²) in [4.78, 5) is 12.3. The smallest absolute Gasteiger partial charge is 0.289 e. The second-order valence-corrected chi connectivity index (χ2v) is 7.44. The summed E-state index contributed by atoms with van der Waals surface area (Å²) >= 11 is 6.14. The number of ether oxygens (including phenoxy) is 2. The summed E-state index contributed by atoms with van der Waals surface area (Å²) in [6.45, 7) is 5.62. The fourth-order valence-corrected chi connectivity index (χ4v) is 2.50. The first-order valence-corrected chi connectivity index (χ1v) is 8.77. The van der Waals surface area contributed by atoms with Crippen molar-refractivity contribution in [1.82, 2.24) is 9.78 Å². The molecular formula is C18H21B2ClN2O4. The molecule has 1 N–H and O–H groups in total. The van der Waals surface area contributed by atoms with Crippen LogP contribution in [0.4, 0.5) is 0 Å². The molecule has 0 bridgehead atoms. The van der Waals surface area contributed by atoms with E-state index in [-0.39, 0.29) is 30.6 Å². The van der Waals surface area contributed by atoms with Crippen molar-refractivity contribution in [2.75, 3.05) is 13.2 Å². The Hall–Kier alpha value is -1.76. The third-order valence-corrected chi connectivity index (χ3v) is 4.10. The zero-order valence-corrected chi connectivity index (χ0v) is 16.4. The Bertz CT molecular complexity index is 833. The van der Waals surface area contributed by atoms with Crippen LogP contribution < -0.4 is 10.3 Å². The molecular weight excluding hydrogens is 365 g/mol. The fraction of sp³-hybridized carbons (Fsp3) is 0.444. The number of aromatic nitrogens is 2. The number of hydrogen-bond acceptors (Lipinski definition) is 5. The number of hydrogen-bond donors (Lipinski definition) is 1. The van der Waals surface area contributed by atoms with Crippen molar-refractivity contribution < 1.29 is 14.6 Å². The summed E-state index contributed by atoms with van der Waals surface area (Å²) in [6.07, 6.45) is 1.43. The van der Waals surface area contributed by atoms with Gasteiger partial charge in [-0.1, -0.05) is 35.9 Å². The molecule has 0 amide bonds. The van der Waals surface area contributed by atoms with Gasteiger partial charge in [0.2, 0.25) is 0 Å². The van der Waals surface area contributed by atoms with Gasteiger partial charge in [0.15, 0.2) is 10.8 Å². The average molecular weight is 386 g/mol. The molecule has 2 aromatic rings. The van der Waals surface area contributed by atoms with E-state index in [9.17, 15) is 4.79 Å². The second-order valence-electron chi connectivity index (χ2n) is 7.06. The average Bonchev–Trinajstić information content (AvgIpc) is 2.60. The molecule has 0 aliphatic carbocycles. The van der Waals surface area contributed by atoms with Crippen molar-refractivity contribution in [2.45, 2.75) is 38.3 Å². The highest BCUT2D eigenvalue weighted by Gasteiger charge is 2.21. The summed E-state index contributed by atoms with van der Waals surface area (Å²) in [6, 6.07) is 6.94. The molecule has 0 saturated heterocycles. The van der Waals surface area contributed by atoms with Gasteiger partial charge in [0.05, 0.1) is 24.9 Å².